The number of rotatable bonds is 11. The fraction of sp³-hybridized carbons (Fsp3) is 0.750. The maximum Gasteiger partial charge on any atom is 0.280 e. The second-order valence-corrected chi connectivity index (χ2v) is 11.0. The minimum atomic E-state index is -2.61. The van der Waals surface area contributed by atoms with Gasteiger partial charge in [0.25, 0.3) is 6.43 Å². The van der Waals surface area contributed by atoms with Crippen molar-refractivity contribution in [3.63, 3.8) is 0 Å². The third-order valence-electron chi connectivity index (χ3n) is 8.07. The van der Waals surface area contributed by atoms with Gasteiger partial charge in [0.05, 0.1) is 12.7 Å². The fourth-order valence-corrected chi connectivity index (χ4v) is 5.85. The van der Waals surface area contributed by atoms with Crippen molar-refractivity contribution in [2.24, 2.45) is 5.73 Å². The molecule has 1 aromatic rings. The molecule has 1 atom stereocenters. The van der Waals surface area contributed by atoms with Gasteiger partial charge in [-0.2, -0.15) is 0 Å². The zero-order chi connectivity index (χ0) is 27.2. The van der Waals surface area contributed by atoms with Crippen LogP contribution in [0.3, 0.4) is 0 Å². The van der Waals surface area contributed by atoms with Gasteiger partial charge in [0.1, 0.15) is 11.5 Å². The summed E-state index contributed by atoms with van der Waals surface area (Å²) in [7, 11) is 0. The Morgan fingerprint density at radius 3 is 2.61 bits per heavy atom. The molecular formula is C28H47F2N7O. The molecule has 0 saturated carbocycles. The standard InChI is InChI=1S/C28H47F2N7O/c1-5-6-22-23(36-17-21(18-36)35-12-8-32-9-13-35)15-25(34-27(22)28(29)30)37(19(2)3)11-7-24-26(20(4)16-31)33-10-14-38-24/h15,19,21,24,28,32-33H,5-14,16-18,31H2,1-4H3/b26-20-. The number of hydrogen-bond donors (Lipinski definition) is 3. The first kappa shape index (κ1) is 29.0. The normalized spacial score (nSPS) is 22.6. The van der Waals surface area contributed by atoms with E-state index in [1.807, 2.05) is 13.8 Å². The van der Waals surface area contributed by atoms with E-state index in [4.69, 9.17) is 10.5 Å². The van der Waals surface area contributed by atoms with Crippen LogP contribution in [0.25, 0.3) is 0 Å². The molecule has 0 spiro atoms. The highest BCUT2D eigenvalue weighted by molar-refractivity contribution is 5.64. The van der Waals surface area contributed by atoms with E-state index < -0.39 is 6.43 Å². The van der Waals surface area contributed by atoms with Gasteiger partial charge in [-0.15, -0.1) is 0 Å². The Labute approximate surface area is 227 Å². The predicted molar refractivity (Wildman–Crippen MR) is 150 cm³/mol. The van der Waals surface area contributed by atoms with Gasteiger partial charge >= 0.3 is 0 Å². The Kier molecular flexibility index (Phi) is 10.2. The van der Waals surface area contributed by atoms with Crippen molar-refractivity contribution < 1.29 is 13.5 Å². The van der Waals surface area contributed by atoms with Gasteiger partial charge in [-0.25, -0.2) is 13.8 Å². The molecular weight excluding hydrogens is 488 g/mol. The first-order chi connectivity index (χ1) is 18.3. The third kappa shape index (κ3) is 6.58. The molecule has 0 bridgehead atoms. The van der Waals surface area contributed by atoms with Crippen LogP contribution in [0.2, 0.25) is 0 Å². The second kappa shape index (κ2) is 13.4. The minimum absolute atomic E-state index is 0.0641. The highest BCUT2D eigenvalue weighted by Crippen LogP contribution is 2.37. The van der Waals surface area contributed by atoms with Crippen LogP contribution >= 0.6 is 0 Å². The van der Waals surface area contributed by atoms with Gasteiger partial charge in [0.2, 0.25) is 0 Å². The van der Waals surface area contributed by atoms with E-state index in [2.05, 4.69) is 50.2 Å². The van der Waals surface area contributed by atoms with Gasteiger partial charge in [-0.05, 0) is 39.2 Å². The van der Waals surface area contributed by atoms with E-state index >= 15 is 0 Å². The van der Waals surface area contributed by atoms with Crippen molar-refractivity contribution in [3.05, 3.63) is 28.6 Å². The smallest absolute Gasteiger partial charge is 0.280 e. The number of morpholine rings is 1. The number of pyridine rings is 1. The number of nitrogens with two attached hydrogens (primary N) is 1. The molecule has 4 rings (SSSR count). The molecule has 10 heteroatoms. The summed E-state index contributed by atoms with van der Waals surface area (Å²) in [6.07, 6.45) is -0.561. The summed E-state index contributed by atoms with van der Waals surface area (Å²) in [5, 5.41) is 6.87. The van der Waals surface area contributed by atoms with Crippen molar-refractivity contribution in [2.75, 3.05) is 75.3 Å². The van der Waals surface area contributed by atoms with E-state index in [1.54, 1.807) is 0 Å². The first-order valence-corrected chi connectivity index (χ1v) is 14.4. The zero-order valence-electron chi connectivity index (χ0n) is 23.6. The Balaban J connectivity index is 1.59. The van der Waals surface area contributed by atoms with E-state index in [9.17, 15) is 8.78 Å². The van der Waals surface area contributed by atoms with Crippen LogP contribution in [0.5, 0.6) is 0 Å². The predicted octanol–water partition coefficient (Wildman–Crippen LogP) is 2.89. The van der Waals surface area contributed by atoms with Gasteiger partial charge in [0, 0.05) is 94.0 Å². The summed E-state index contributed by atoms with van der Waals surface area (Å²) in [6, 6.07) is 2.64. The summed E-state index contributed by atoms with van der Waals surface area (Å²) in [6.45, 7) is 16.6. The monoisotopic (exact) mass is 535 g/mol. The molecule has 3 saturated heterocycles. The van der Waals surface area contributed by atoms with Crippen LogP contribution in [-0.2, 0) is 11.2 Å². The van der Waals surface area contributed by atoms with Gasteiger partial charge in [-0.1, -0.05) is 13.3 Å². The van der Waals surface area contributed by atoms with Crippen molar-refractivity contribution in [3.8, 4) is 0 Å². The second-order valence-electron chi connectivity index (χ2n) is 11.0. The molecule has 214 valence electrons. The van der Waals surface area contributed by atoms with Crippen molar-refractivity contribution in [1.82, 2.24) is 20.5 Å². The maximum absolute atomic E-state index is 14.4. The highest BCUT2D eigenvalue weighted by Gasteiger charge is 2.35. The quantitative estimate of drug-likeness (QED) is 0.399. The van der Waals surface area contributed by atoms with Crippen LogP contribution in [0.15, 0.2) is 17.3 Å². The number of aromatic nitrogens is 1. The molecule has 1 unspecified atom stereocenters. The molecule has 0 radical (unpaired) electrons. The molecule has 0 amide bonds. The summed E-state index contributed by atoms with van der Waals surface area (Å²) >= 11 is 0. The Morgan fingerprint density at radius 2 is 1.97 bits per heavy atom. The van der Waals surface area contributed by atoms with Crippen LogP contribution in [0, 0.1) is 0 Å². The van der Waals surface area contributed by atoms with Crippen molar-refractivity contribution >= 4 is 11.5 Å². The number of alkyl halides is 2. The molecule has 8 nitrogen and oxygen atoms in total. The number of nitrogens with zero attached hydrogens (tertiary/aromatic N) is 4. The van der Waals surface area contributed by atoms with Gasteiger partial charge in [0.15, 0.2) is 0 Å². The lowest BCUT2D eigenvalue weighted by Gasteiger charge is -2.48. The van der Waals surface area contributed by atoms with Crippen LogP contribution in [-0.4, -0.2) is 93.6 Å². The average Bonchev–Trinajstić information content (AvgIpc) is 2.89. The molecule has 0 aromatic carbocycles. The lowest BCUT2D eigenvalue weighted by Crippen LogP contribution is -2.63. The zero-order valence-corrected chi connectivity index (χ0v) is 23.6. The van der Waals surface area contributed by atoms with Gasteiger partial charge in [-0.3, -0.25) is 4.90 Å². The number of hydrogen-bond acceptors (Lipinski definition) is 8. The summed E-state index contributed by atoms with van der Waals surface area (Å²) in [5.41, 5.74) is 9.63. The number of anilines is 2. The van der Waals surface area contributed by atoms with Crippen molar-refractivity contribution in [1.29, 1.82) is 0 Å². The number of halogens is 2. The lowest BCUT2D eigenvalue weighted by molar-refractivity contribution is 0.0485. The molecule has 0 aliphatic carbocycles. The minimum Gasteiger partial charge on any atom is -0.384 e. The van der Waals surface area contributed by atoms with Crippen LogP contribution < -0.4 is 26.2 Å². The SMILES string of the molecule is CCCc1c(N2CC(N3CCNCC3)C2)cc(N(CCC2OCCN/C2=C(/C)CN)C(C)C)nc1C(F)F. The third-order valence-corrected chi connectivity index (χ3v) is 8.07. The number of piperazine rings is 1. The molecule has 4 heterocycles. The molecule has 1 aromatic heterocycles. The molecule has 3 aliphatic heterocycles. The Bertz CT molecular complexity index is 945. The lowest BCUT2D eigenvalue weighted by atomic mass is 9.99. The highest BCUT2D eigenvalue weighted by atomic mass is 19.3. The maximum atomic E-state index is 14.4. The fourth-order valence-electron chi connectivity index (χ4n) is 5.85. The molecule has 4 N–H and O–H groups in total. The molecule has 38 heavy (non-hydrogen) atoms. The van der Waals surface area contributed by atoms with Crippen LogP contribution in [0.1, 0.15) is 58.2 Å². The molecule has 3 fully saturated rings. The molecule has 3 aliphatic rings. The summed E-state index contributed by atoms with van der Waals surface area (Å²) in [5.74, 6) is 0.626. The summed E-state index contributed by atoms with van der Waals surface area (Å²) in [4.78, 5) is 11.6. The number of nitrogens with one attached hydrogen (secondary N) is 2. The Morgan fingerprint density at radius 1 is 1.24 bits per heavy atom. The van der Waals surface area contributed by atoms with E-state index in [1.165, 1.54) is 0 Å². The van der Waals surface area contributed by atoms with E-state index in [0.717, 1.165) is 75.6 Å². The van der Waals surface area contributed by atoms with E-state index in [0.29, 0.717) is 43.5 Å². The number of ether oxygens (including phenoxy) is 1. The largest absolute Gasteiger partial charge is 0.384 e. The summed E-state index contributed by atoms with van der Waals surface area (Å²) < 4.78 is 34.9. The average molecular weight is 536 g/mol. The van der Waals surface area contributed by atoms with Crippen LogP contribution in [0.4, 0.5) is 20.3 Å². The van der Waals surface area contributed by atoms with Gasteiger partial charge < -0.3 is 30.9 Å². The Hall–Kier alpha value is -2.01. The topological polar surface area (TPSA) is 81.9 Å². The van der Waals surface area contributed by atoms with Crippen molar-refractivity contribution in [2.45, 2.75) is 71.6 Å². The first-order valence-electron chi connectivity index (χ1n) is 14.4. The van der Waals surface area contributed by atoms with E-state index in [-0.39, 0.29) is 17.8 Å².